The number of aromatic nitrogens is 2. The van der Waals surface area contributed by atoms with E-state index in [0.29, 0.717) is 27.3 Å². The lowest BCUT2D eigenvalue weighted by atomic mass is 10.0. The Balaban J connectivity index is 1.99. The molecule has 0 fully saturated rings. The van der Waals surface area contributed by atoms with Crippen molar-refractivity contribution in [3.05, 3.63) is 46.0 Å². The molecule has 0 radical (unpaired) electrons. The average molecular weight is 297 g/mol. The number of ketones is 1. The van der Waals surface area contributed by atoms with E-state index in [1.54, 1.807) is 36.0 Å². The third-order valence-electron chi connectivity index (χ3n) is 3.14. The summed E-state index contributed by atoms with van der Waals surface area (Å²) in [7, 11) is 1.79. The van der Waals surface area contributed by atoms with Crippen molar-refractivity contribution in [3.8, 4) is 5.75 Å². The number of hydrogen-bond donors (Lipinski definition) is 0. The van der Waals surface area contributed by atoms with Gasteiger partial charge in [-0.2, -0.15) is 0 Å². The smallest absolute Gasteiger partial charge is 0.170 e. The minimum Gasteiger partial charge on any atom is -0.481 e. The predicted octanol–water partition coefficient (Wildman–Crippen LogP) is 3.43. The molecule has 3 rings (SSSR count). The Bertz CT molecular complexity index is 667. The van der Waals surface area contributed by atoms with Gasteiger partial charge in [-0.25, -0.2) is 4.98 Å². The largest absolute Gasteiger partial charge is 0.481 e. The molecule has 0 bridgehead atoms. The van der Waals surface area contributed by atoms with Gasteiger partial charge >= 0.3 is 0 Å². The standard InChI is InChI=1S/C13H10Cl2N2O2/c1-17-12(15)6-16-13(17)11-5-9(18)8-4-7(14)2-3-10(8)19-11/h2-4,6,11H,5H2,1H3/t11-/m0/s1. The highest BCUT2D eigenvalue weighted by atomic mass is 35.5. The second kappa shape index (κ2) is 4.54. The molecule has 19 heavy (non-hydrogen) atoms. The first-order valence-corrected chi connectivity index (χ1v) is 6.48. The minimum absolute atomic E-state index is 0.00660. The zero-order valence-electron chi connectivity index (χ0n) is 10.1. The summed E-state index contributed by atoms with van der Waals surface area (Å²) >= 11 is 11.8. The highest BCUT2D eigenvalue weighted by Crippen LogP contribution is 2.36. The van der Waals surface area contributed by atoms with Crippen LogP contribution in [0.5, 0.6) is 5.75 Å². The van der Waals surface area contributed by atoms with Crippen molar-refractivity contribution in [2.24, 2.45) is 7.05 Å². The van der Waals surface area contributed by atoms with Crippen LogP contribution >= 0.6 is 23.2 Å². The van der Waals surface area contributed by atoms with Gasteiger partial charge in [-0.15, -0.1) is 0 Å². The van der Waals surface area contributed by atoms with Crippen LogP contribution in [-0.4, -0.2) is 15.3 Å². The number of rotatable bonds is 1. The van der Waals surface area contributed by atoms with E-state index in [4.69, 9.17) is 27.9 Å². The molecule has 0 aliphatic carbocycles. The van der Waals surface area contributed by atoms with Gasteiger partial charge < -0.3 is 9.30 Å². The summed E-state index contributed by atoms with van der Waals surface area (Å²) in [5.41, 5.74) is 0.518. The van der Waals surface area contributed by atoms with Crippen molar-refractivity contribution in [1.29, 1.82) is 0 Å². The normalized spacial score (nSPS) is 18.1. The van der Waals surface area contributed by atoms with Crippen LogP contribution in [0.15, 0.2) is 24.4 Å². The van der Waals surface area contributed by atoms with E-state index in [1.165, 1.54) is 0 Å². The Morgan fingerprint density at radius 2 is 2.21 bits per heavy atom. The zero-order valence-corrected chi connectivity index (χ0v) is 11.6. The van der Waals surface area contributed by atoms with Crippen molar-refractivity contribution in [2.75, 3.05) is 0 Å². The third kappa shape index (κ3) is 2.11. The van der Waals surface area contributed by atoms with E-state index in [0.717, 1.165) is 0 Å². The number of carbonyl (C=O) groups excluding carboxylic acids is 1. The van der Waals surface area contributed by atoms with Crippen molar-refractivity contribution in [2.45, 2.75) is 12.5 Å². The SMILES string of the molecule is Cn1c(Cl)cnc1[C@@H]1CC(=O)c2cc(Cl)ccc2O1. The van der Waals surface area contributed by atoms with Crippen LogP contribution in [0, 0.1) is 0 Å². The number of imidazole rings is 1. The number of benzene rings is 1. The van der Waals surface area contributed by atoms with Crippen LogP contribution in [0.2, 0.25) is 10.2 Å². The van der Waals surface area contributed by atoms with Crippen LogP contribution in [0.4, 0.5) is 0 Å². The monoisotopic (exact) mass is 296 g/mol. The van der Waals surface area contributed by atoms with Crippen LogP contribution in [0.1, 0.15) is 28.7 Å². The lowest BCUT2D eigenvalue weighted by Crippen LogP contribution is -2.22. The lowest BCUT2D eigenvalue weighted by Gasteiger charge is -2.24. The van der Waals surface area contributed by atoms with Gasteiger partial charge in [-0.05, 0) is 18.2 Å². The molecule has 1 atom stereocenters. The van der Waals surface area contributed by atoms with E-state index in [-0.39, 0.29) is 12.2 Å². The molecular formula is C13H10Cl2N2O2. The van der Waals surface area contributed by atoms with Crippen LogP contribution in [0.25, 0.3) is 0 Å². The Labute approximate surface area is 119 Å². The first-order valence-electron chi connectivity index (χ1n) is 5.73. The summed E-state index contributed by atoms with van der Waals surface area (Å²) in [5, 5.41) is 1.03. The highest BCUT2D eigenvalue weighted by molar-refractivity contribution is 6.31. The maximum absolute atomic E-state index is 12.1. The average Bonchev–Trinajstić information content (AvgIpc) is 2.71. The quantitative estimate of drug-likeness (QED) is 0.810. The van der Waals surface area contributed by atoms with Gasteiger partial charge in [0.2, 0.25) is 0 Å². The molecule has 0 spiro atoms. The fourth-order valence-corrected chi connectivity index (χ4v) is 2.45. The van der Waals surface area contributed by atoms with E-state index >= 15 is 0 Å². The molecule has 1 aromatic heterocycles. The molecule has 6 heteroatoms. The summed E-state index contributed by atoms with van der Waals surface area (Å²) in [4.78, 5) is 16.3. The molecule has 1 aliphatic rings. The first-order chi connectivity index (χ1) is 9.06. The fourth-order valence-electron chi connectivity index (χ4n) is 2.14. The molecule has 0 unspecified atom stereocenters. The Kier molecular flexibility index (Phi) is 2.99. The number of carbonyl (C=O) groups is 1. The van der Waals surface area contributed by atoms with Gasteiger partial charge in [0.15, 0.2) is 17.7 Å². The summed E-state index contributed by atoms with van der Waals surface area (Å²) in [6.07, 6.45) is 1.36. The van der Waals surface area contributed by atoms with Gasteiger partial charge in [0.1, 0.15) is 10.9 Å². The fraction of sp³-hybridized carbons (Fsp3) is 0.231. The second-order valence-corrected chi connectivity index (χ2v) is 5.20. The maximum atomic E-state index is 12.1. The summed E-state index contributed by atoms with van der Waals surface area (Å²) in [6, 6.07) is 5.02. The van der Waals surface area contributed by atoms with Gasteiger partial charge in [-0.3, -0.25) is 4.79 Å². The van der Waals surface area contributed by atoms with Crippen molar-refractivity contribution in [1.82, 2.24) is 9.55 Å². The summed E-state index contributed by atoms with van der Waals surface area (Å²) in [5.74, 6) is 1.16. The van der Waals surface area contributed by atoms with Crippen molar-refractivity contribution in [3.63, 3.8) is 0 Å². The van der Waals surface area contributed by atoms with Crippen LogP contribution < -0.4 is 4.74 Å². The Hall–Kier alpha value is -1.52. The molecule has 1 aliphatic heterocycles. The summed E-state index contributed by atoms with van der Waals surface area (Å²) in [6.45, 7) is 0. The second-order valence-electron chi connectivity index (χ2n) is 4.37. The van der Waals surface area contributed by atoms with E-state index in [1.807, 2.05) is 0 Å². The Morgan fingerprint density at radius 3 is 2.89 bits per heavy atom. The molecule has 0 N–H and O–H groups in total. The van der Waals surface area contributed by atoms with Gasteiger partial charge in [-0.1, -0.05) is 23.2 Å². The van der Waals surface area contributed by atoms with E-state index in [9.17, 15) is 4.79 Å². The van der Waals surface area contributed by atoms with Crippen LogP contribution in [-0.2, 0) is 7.05 Å². The number of Topliss-reactive ketones (excluding diaryl/α,β-unsaturated/α-hetero) is 1. The van der Waals surface area contributed by atoms with Gasteiger partial charge in [0.25, 0.3) is 0 Å². The molecule has 4 nitrogen and oxygen atoms in total. The molecule has 1 aromatic carbocycles. The summed E-state index contributed by atoms with van der Waals surface area (Å²) < 4.78 is 7.52. The third-order valence-corrected chi connectivity index (χ3v) is 3.72. The molecular weight excluding hydrogens is 287 g/mol. The number of fused-ring (bicyclic) bond motifs is 1. The van der Waals surface area contributed by atoms with E-state index < -0.39 is 6.10 Å². The molecule has 2 aromatic rings. The van der Waals surface area contributed by atoms with Crippen molar-refractivity contribution < 1.29 is 9.53 Å². The highest BCUT2D eigenvalue weighted by Gasteiger charge is 2.30. The minimum atomic E-state index is -0.418. The first kappa shape index (κ1) is 12.5. The van der Waals surface area contributed by atoms with Crippen molar-refractivity contribution >= 4 is 29.0 Å². The molecule has 2 heterocycles. The predicted molar refractivity (Wildman–Crippen MR) is 72.0 cm³/mol. The number of ether oxygens (including phenoxy) is 1. The van der Waals surface area contributed by atoms with E-state index in [2.05, 4.69) is 4.98 Å². The maximum Gasteiger partial charge on any atom is 0.170 e. The number of halogens is 2. The number of hydrogen-bond acceptors (Lipinski definition) is 3. The Morgan fingerprint density at radius 1 is 1.42 bits per heavy atom. The number of nitrogens with zero attached hydrogens (tertiary/aromatic N) is 2. The molecule has 0 saturated carbocycles. The molecule has 0 saturated heterocycles. The molecule has 0 amide bonds. The van der Waals surface area contributed by atoms with Gasteiger partial charge in [0.05, 0.1) is 18.2 Å². The van der Waals surface area contributed by atoms with Gasteiger partial charge in [0, 0.05) is 12.1 Å². The molecule has 98 valence electrons. The topological polar surface area (TPSA) is 44.1 Å². The lowest BCUT2D eigenvalue weighted by molar-refractivity contribution is 0.0835. The van der Waals surface area contributed by atoms with Crippen LogP contribution in [0.3, 0.4) is 0 Å². The zero-order chi connectivity index (χ0) is 13.6.